The van der Waals surface area contributed by atoms with Crippen molar-refractivity contribution < 1.29 is 14.3 Å². The zero-order valence-corrected chi connectivity index (χ0v) is 20.3. The third-order valence-corrected chi connectivity index (χ3v) is 6.55. The van der Waals surface area contributed by atoms with E-state index in [1.54, 1.807) is 49.5 Å². The van der Waals surface area contributed by atoms with Crippen molar-refractivity contribution >= 4 is 34.8 Å². The molecule has 0 atom stereocenters. The van der Waals surface area contributed by atoms with Gasteiger partial charge in [-0.3, -0.25) is 9.59 Å². The van der Waals surface area contributed by atoms with E-state index in [-0.39, 0.29) is 18.0 Å². The van der Waals surface area contributed by atoms with Gasteiger partial charge in [0.2, 0.25) is 5.91 Å². The van der Waals surface area contributed by atoms with E-state index in [1.165, 1.54) is 10.7 Å². The van der Waals surface area contributed by atoms with Crippen LogP contribution in [0.1, 0.15) is 0 Å². The average molecular weight is 503 g/mol. The van der Waals surface area contributed by atoms with Gasteiger partial charge in [0.05, 0.1) is 35.6 Å². The highest BCUT2D eigenvalue weighted by atomic mass is 35.5. The lowest BCUT2D eigenvalue weighted by Crippen LogP contribution is -2.50. The van der Waals surface area contributed by atoms with Crippen LogP contribution in [0.5, 0.6) is 11.5 Å². The van der Waals surface area contributed by atoms with Gasteiger partial charge in [-0.25, -0.2) is 4.68 Å². The van der Waals surface area contributed by atoms with E-state index in [9.17, 15) is 9.59 Å². The molecule has 2 aromatic carbocycles. The van der Waals surface area contributed by atoms with Gasteiger partial charge < -0.3 is 19.3 Å². The number of carbonyl (C=O) groups is 1. The van der Waals surface area contributed by atoms with Gasteiger partial charge in [0.15, 0.2) is 0 Å². The Bertz CT molecular complexity index is 1260. The fourth-order valence-electron chi connectivity index (χ4n) is 3.88. The third kappa shape index (κ3) is 4.98. The summed E-state index contributed by atoms with van der Waals surface area (Å²) in [6, 6.07) is 13.8. The van der Waals surface area contributed by atoms with Crippen molar-refractivity contribution in [2.75, 3.05) is 45.3 Å². The predicted molar refractivity (Wildman–Crippen MR) is 132 cm³/mol. The number of rotatable bonds is 6. The van der Waals surface area contributed by atoms with Crippen LogP contribution in [0, 0.1) is 0 Å². The minimum absolute atomic E-state index is 0.156. The van der Waals surface area contributed by atoms with Gasteiger partial charge in [0, 0.05) is 37.8 Å². The first kappa shape index (κ1) is 23.9. The molecule has 10 heteroatoms. The molecule has 0 bridgehead atoms. The van der Waals surface area contributed by atoms with Gasteiger partial charge >= 0.3 is 0 Å². The Balaban J connectivity index is 1.48. The summed E-state index contributed by atoms with van der Waals surface area (Å²) in [6.07, 6.45) is 0. The van der Waals surface area contributed by atoms with Crippen LogP contribution in [0.3, 0.4) is 0 Å². The Labute approximate surface area is 207 Å². The molecule has 0 spiro atoms. The summed E-state index contributed by atoms with van der Waals surface area (Å²) in [5.41, 5.74) is 1.65. The van der Waals surface area contributed by atoms with Gasteiger partial charge in [-0.2, -0.15) is 5.10 Å². The molecule has 0 aliphatic carbocycles. The topological polar surface area (TPSA) is 76.9 Å². The summed E-state index contributed by atoms with van der Waals surface area (Å²) in [4.78, 5) is 29.2. The van der Waals surface area contributed by atoms with Crippen LogP contribution >= 0.6 is 23.2 Å². The molecule has 0 saturated carbocycles. The van der Waals surface area contributed by atoms with Crippen molar-refractivity contribution in [2.45, 2.75) is 6.54 Å². The lowest BCUT2D eigenvalue weighted by molar-refractivity contribution is -0.132. The zero-order chi connectivity index (χ0) is 24.2. The van der Waals surface area contributed by atoms with E-state index >= 15 is 0 Å². The molecule has 0 unspecified atom stereocenters. The molecule has 2 heterocycles. The lowest BCUT2D eigenvalue weighted by Gasteiger charge is -2.36. The maximum absolute atomic E-state index is 13.0. The molecule has 1 aliphatic rings. The zero-order valence-electron chi connectivity index (χ0n) is 18.8. The summed E-state index contributed by atoms with van der Waals surface area (Å²) in [5, 5.41) is 5.42. The molecule has 1 aliphatic heterocycles. The predicted octanol–water partition coefficient (Wildman–Crippen LogP) is 3.58. The van der Waals surface area contributed by atoms with Crippen molar-refractivity contribution in [2.24, 2.45) is 0 Å². The van der Waals surface area contributed by atoms with Gasteiger partial charge in [-0.05, 0) is 36.4 Å². The van der Waals surface area contributed by atoms with Crippen LogP contribution in [0.4, 0.5) is 5.69 Å². The van der Waals surface area contributed by atoms with Gasteiger partial charge in [-0.15, -0.1) is 0 Å². The van der Waals surface area contributed by atoms with E-state index in [1.807, 2.05) is 12.1 Å². The Hall–Kier alpha value is -3.23. The minimum Gasteiger partial charge on any atom is -0.497 e. The van der Waals surface area contributed by atoms with Crippen LogP contribution in [0.2, 0.25) is 10.0 Å². The van der Waals surface area contributed by atoms with E-state index < -0.39 is 0 Å². The number of anilines is 1. The Kier molecular flexibility index (Phi) is 7.29. The van der Waals surface area contributed by atoms with Crippen LogP contribution in [-0.2, 0) is 11.3 Å². The molecule has 1 saturated heterocycles. The van der Waals surface area contributed by atoms with E-state index in [0.717, 1.165) is 5.69 Å². The average Bonchev–Trinajstić information content (AvgIpc) is 2.86. The Morgan fingerprint density at radius 1 is 1.00 bits per heavy atom. The standard InChI is InChI=1S/C24H24Cl2N4O4/c1-33-16-6-8-21(34-2)17(14-16)19-7-9-22(31)30(27-19)15-23(32)29-12-10-28(11-13-29)20-5-3-4-18(25)24(20)26/h3-9,14H,10-13,15H2,1-2H3. The number of methoxy groups -OCH3 is 2. The van der Waals surface area contributed by atoms with Crippen LogP contribution in [-0.4, -0.2) is 61.0 Å². The van der Waals surface area contributed by atoms with Gasteiger partial charge in [0.1, 0.15) is 18.0 Å². The Morgan fingerprint density at radius 3 is 2.47 bits per heavy atom. The van der Waals surface area contributed by atoms with Crippen LogP contribution < -0.4 is 19.9 Å². The lowest BCUT2D eigenvalue weighted by atomic mass is 10.1. The SMILES string of the molecule is COc1ccc(OC)c(-c2ccc(=O)n(CC(=O)N3CCN(c4cccc(Cl)c4Cl)CC3)n2)c1. The fraction of sp³-hybridized carbons (Fsp3) is 0.292. The molecule has 178 valence electrons. The fourth-order valence-corrected chi connectivity index (χ4v) is 4.30. The molecule has 1 aromatic heterocycles. The molecular weight excluding hydrogens is 479 g/mol. The number of aromatic nitrogens is 2. The summed E-state index contributed by atoms with van der Waals surface area (Å²) in [5.74, 6) is 1.03. The first-order valence-corrected chi connectivity index (χ1v) is 11.4. The maximum atomic E-state index is 13.0. The molecule has 0 radical (unpaired) electrons. The largest absolute Gasteiger partial charge is 0.497 e. The quantitative estimate of drug-likeness (QED) is 0.512. The summed E-state index contributed by atoms with van der Waals surface area (Å²) >= 11 is 12.5. The highest BCUT2D eigenvalue weighted by molar-refractivity contribution is 6.43. The number of hydrogen-bond donors (Lipinski definition) is 0. The van der Waals surface area contributed by atoms with Crippen molar-refractivity contribution in [3.05, 3.63) is 68.9 Å². The van der Waals surface area contributed by atoms with Gasteiger partial charge in [0.25, 0.3) is 5.56 Å². The highest BCUT2D eigenvalue weighted by Gasteiger charge is 2.24. The molecular formula is C24H24Cl2N4O4. The van der Waals surface area contributed by atoms with Gasteiger partial charge in [-0.1, -0.05) is 29.3 Å². The molecule has 8 nitrogen and oxygen atoms in total. The molecule has 0 N–H and O–H groups in total. The van der Waals surface area contributed by atoms with Crippen molar-refractivity contribution in [1.29, 1.82) is 0 Å². The smallest absolute Gasteiger partial charge is 0.267 e. The summed E-state index contributed by atoms with van der Waals surface area (Å²) < 4.78 is 11.9. The number of carbonyl (C=O) groups excluding carboxylic acids is 1. The highest BCUT2D eigenvalue weighted by Crippen LogP contribution is 2.33. The molecule has 1 fully saturated rings. The number of halogens is 2. The molecule has 3 aromatic rings. The normalized spacial score (nSPS) is 13.6. The van der Waals surface area contributed by atoms with Crippen molar-refractivity contribution in [3.8, 4) is 22.8 Å². The van der Waals surface area contributed by atoms with E-state index in [2.05, 4.69) is 10.00 Å². The minimum atomic E-state index is -0.358. The second kappa shape index (κ2) is 10.4. The Morgan fingerprint density at radius 2 is 1.76 bits per heavy atom. The van der Waals surface area contributed by atoms with Crippen molar-refractivity contribution in [3.63, 3.8) is 0 Å². The van der Waals surface area contributed by atoms with E-state index in [0.29, 0.717) is 59.0 Å². The van der Waals surface area contributed by atoms with Crippen LogP contribution in [0.25, 0.3) is 11.3 Å². The monoisotopic (exact) mass is 502 g/mol. The summed E-state index contributed by atoms with van der Waals surface area (Å²) in [7, 11) is 3.12. The van der Waals surface area contributed by atoms with Crippen LogP contribution in [0.15, 0.2) is 53.3 Å². The second-order valence-electron chi connectivity index (χ2n) is 7.72. The first-order chi connectivity index (χ1) is 16.4. The van der Waals surface area contributed by atoms with E-state index in [4.69, 9.17) is 32.7 Å². The number of amides is 1. The first-order valence-electron chi connectivity index (χ1n) is 10.7. The number of nitrogens with zero attached hydrogens (tertiary/aromatic N) is 4. The summed E-state index contributed by atoms with van der Waals surface area (Å²) in [6.45, 7) is 2.06. The third-order valence-electron chi connectivity index (χ3n) is 5.74. The molecule has 1 amide bonds. The van der Waals surface area contributed by atoms with Crippen molar-refractivity contribution in [1.82, 2.24) is 14.7 Å². The number of ether oxygens (including phenoxy) is 2. The molecule has 34 heavy (non-hydrogen) atoms. The second-order valence-corrected chi connectivity index (χ2v) is 8.51. The number of piperazine rings is 1. The molecule has 4 rings (SSSR count). The number of benzene rings is 2. The maximum Gasteiger partial charge on any atom is 0.267 e. The number of hydrogen-bond acceptors (Lipinski definition) is 6.